The molecule has 0 bridgehead atoms. The predicted octanol–water partition coefficient (Wildman–Crippen LogP) is 7.56. The van der Waals surface area contributed by atoms with Gasteiger partial charge in [0, 0.05) is 11.3 Å². The van der Waals surface area contributed by atoms with Gasteiger partial charge in [-0.3, -0.25) is 4.79 Å². The van der Waals surface area contributed by atoms with E-state index in [0.717, 1.165) is 19.3 Å². The lowest BCUT2D eigenvalue weighted by Crippen LogP contribution is -2.65. The van der Waals surface area contributed by atoms with E-state index in [-0.39, 0.29) is 33.0 Å². The zero-order chi connectivity index (χ0) is 23.4. The summed E-state index contributed by atoms with van der Waals surface area (Å²) in [4.78, 5) is 26.2. The summed E-state index contributed by atoms with van der Waals surface area (Å²) < 4.78 is 0. The monoisotopic (exact) mass is 438 g/mol. The molecule has 0 N–H and O–H groups in total. The molecule has 0 spiro atoms. The Balaban J connectivity index is 1.63. The number of carbonyl (C=O) groups is 2. The van der Waals surface area contributed by atoms with Crippen LogP contribution >= 0.6 is 0 Å². The molecule has 5 rings (SSSR count). The largest absolute Gasteiger partial charge is 0.303 e. The Morgan fingerprint density at radius 3 is 2.25 bits per heavy atom. The average molecular weight is 439 g/mol. The number of aldehydes is 1. The van der Waals surface area contributed by atoms with Crippen LogP contribution in [0, 0.1) is 50.2 Å². The maximum Gasteiger partial charge on any atom is 0.159 e. The Morgan fingerprint density at radius 2 is 1.56 bits per heavy atom. The third-order valence-corrected chi connectivity index (χ3v) is 12.6. The first kappa shape index (κ1) is 22.9. The van der Waals surface area contributed by atoms with E-state index in [0.29, 0.717) is 23.0 Å². The summed E-state index contributed by atoms with van der Waals surface area (Å²) in [7, 11) is 0. The molecule has 4 saturated carbocycles. The third-order valence-electron chi connectivity index (χ3n) is 12.6. The highest BCUT2D eigenvalue weighted by atomic mass is 16.1. The van der Waals surface area contributed by atoms with Crippen molar-refractivity contribution in [3.8, 4) is 0 Å². The second kappa shape index (κ2) is 6.60. The summed E-state index contributed by atoms with van der Waals surface area (Å²) in [6, 6.07) is 0. The highest BCUT2D eigenvalue weighted by Gasteiger charge is 2.69. The van der Waals surface area contributed by atoms with E-state index in [2.05, 4.69) is 54.5 Å². The molecule has 4 fully saturated rings. The van der Waals surface area contributed by atoms with E-state index in [1.807, 2.05) is 0 Å². The second-order valence-corrected chi connectivity index (χ2v) is 14.8. The quantitative estimate of drug-likeness (QED) is 0.396. The fraction of sp³-hybridized carbons (Fsp3) is 0.867. The van der Waals surface area contributed by atoms with Crippen molar-refractivity contribution in [2.75, 3.05) is 0 Å². The summed E-state index contributed by atoms with van der Waals surface area (Å²) in [6.45, 7) is 17.0. The van der Waals surface area contributed by atoms with Crippen molar-refractivity contribution in [3.63, 3.8) is 0 Å². The van der Waals surface area contributed by atoms with Gasteiger partial charge in [-0.25, -0.2) is 0 Å². The molecular formula is C30H46O2. The summed E-state index contributed by atoms with van der Waals surface area (Å²) in [5.74, 6) is 1.59. The number of rotatable bonds is 1. The van der Waals surface area contributed by atoms with Gasteiger partial charge in [-0.05, 0) is 103 Å². The van der Waals surface area contributed by atoms with Crippen LogP contribution in [0.2, 0.25) is 0 Å². The van der Waals surface area contributed by atoms with Gasteiger partial charge in [-0.2, -0.15) is 0 Å². The summed E-state index contributed by atoms with van der Waals surface area (Å²) in [6.07, 6.45) is 15.0. The Bertz CT molecular complexity index is 883. The minimum atomic E-state index is -0.235. The standard InChI is InChI=1S/C30H46O2/c1-25(2)10-8-11-28(5)23(25)9-12-30(7)24(28)22(32)17-20-21-18-26(3,19-31)13-14-27(21,4)15-16-29(20,30)6/h17,19,21,23-24H,8-16,18H2,1-7H3/t21?,23?,24?,26-,27+,28-,29+,30+/m0/s1. The smallest absolute Gasteiger partial charge is 0.159 e. The maximum atomic E-state index is 14.2. The van der Waals surface area contributed by atoms with E-state index in [9.17, 15) is 9.59 Å². The van der Waals surface area contributed by atoms with E-state index < -0.39 is 0 Å². The minimum absolute atomic E-state index is 0.0309. The van der Waals surface area contributed by atoms with Crippen molar-refractivity contribution in [1.29, 1.82) is 0 Å². The lowest BCUT2D eigenvalue weighted by Gasteiger charge is -2.70. The third kappa shape index (κ3) is 2.70. The first-order valence-corrected chi connectivity index (χ1v) is 13.5. The fourth-order valence-corrected chi connectivity index (χ4v) is 10.4. The van der Waals surface area contributed by atoms with Crippen molar-refractivity contribution in [2.24, 2.45) is 50.2 Å². The van der Waals surface area contributed by atoms with E-state index in [1.54, 1.807) is 0 Å². The number of hydrogen-bond acceptors (Lipinski definition) is 2. The van der Waals surface area contributed by atoms with Gasteiger partial charge in [-0.1, -0.05) is 60.5 Å². The van der Waals surface area contributed by atoms with Crippen molar-refractivity contribution in [3.05, 3.63) is 11.6 Å². The lowest BCUT2D eigenvalue weighted by molar-refractivity contribution is -0.184. The molecule has 0 heterocycles. The minimum Gasteiger partial charge on any atom is -0.303 e. The van der Waals surface area contributed by atoms with Crippen molar-refractivity contribution < 1.29 is 9.59 Å². The first-order valence-electron chi connectivity index (χ1n) is 13.5. The topological polar surface area (TPSA) is 34.1 Å². The number of hydrogen-bond donors (Lipinski definition) is 0. The predicted molar refractivity (Wildman–Crippen MR) is 130 cm³/mol. The normalized spacial score (nSPS) is 54.4. The van der Waals surface area contributed by atoms with Crippen LogP contribution < -0.4 is 0 Å². The van der Waals surface area contributed by atoms with E-state index in [1.165, 1.54) is 56.8 Å². The van der Waals surface area contributed by atoms with Crippen LogP contribution in [-0.2, 0) is 9.59 Å². The lowest BCUT2D eigenvalue weighted by atomic mass is 9.33. The van der Waals surface area contributed by atoms with Gasteiger partial charge in [0.1, 0.15) is 6.29 Å². The van der Waals surface area contributed by atoms with Crippen LogP contribution in [0.15, 0.2) is 11.6 Å². The fourth-order valence-electron chi connectivity index (χ4n) is 10.4. The van der Waals surface area contributed by atoms with Gasteiger partial charge in [-0.15, -0.1) is 0 Å². The van der Waals surface area contributed by atoms with Crippen molar-refractivity contribution >= 4 is 12.1 Å². The highest BCUT2D eigenvalue weighted by molar-refractivity contribution is 5.95. The Hall–Kier alpha value is -0.920. The molecule has 0 aromatic heterocycles. The molecule has 0 saturated heterocycles. The molecule has 0 radical (unpaired) electrons. The maximum absolute atomic E-state index is 14.2. The van der Waals surface area contributed by atoms with E-state index in [4.69, 9.17) is 0 Å². The zero-order valence-corrected chi connectivity index (χ0v) is 21.8. The van der Waals surface area contributed by atoms with Crippen LogP contribution in [0.1, 0.15) is 113 Å². The molecule has 2 heteroatoms. The molecular weight excluding hydrogens is 392 g/mol. The molecule has 0 aromatic carbocycles. The number of fused-ring (bicyclic) bond motifs is 7. The molecule has 0 aromatic rings. The molecule has 0 aliphatic heterocycles. The molecule has 5 aliphatic carbocycles. The molecule has 0 amide bonds. The Morgan fingerprint density at radius 1 is 0.875 bits per heavy atom. The highest BCUT2D eigenvalue weighted by Crippen LogP contribution is 2.75. The van der Waals surface area contributed by atoms with Gasteiger partial charge in [0.25, 0.3) is 0 Å². The molecule has 8 atom stereocenters. The van der Waals surface area contributed by atoms with Crippen LogP contribution in [0.3, 0.4) is 0 Å². The SMILES string of the molecule is CC1(C)CCC[C@@]2(C)C1CC[C@]1(C)C2C(=O)C=C2C3C[C@@](C)(C=O)CC[C@]3(C)CC[C@]21C. The molecule has 5 aliphatic rings. The van der Waals surface area contributed by atoms with Crippen LogP contribution in [0.5, 0.6) is 0 Å². The molecule has 178 valence electrons. The average Bonchev–Trinajstić information content (AvgIpc) is 2.70. The summed E-state index contributed by atoms with van der Waals surface area (Å²) >= 11 is 0. The van der Waals surface area contributed by atoms with Crippen molar-refractivity contribution in [1.82, 2.24) is 0 Å². The van der Waals surface area contributed by atoms with Gasteiger partial charge < -0.3 is 4.79 Å². The van der Waals surface area contributed by atoms with Gasteiger partial charge in [0.15, 0.2) is 5.78 Å². The Kier molecular flexibility index (Phi) is 4.71. The molecule has 32 heavy (non-hydrogen) atoms. The second-order valence-electron chi connectivity index (χ2n) is 14.8. The van der Waals surface area contributed by atoms with E-state index >= 15 is 0 Å². The summed E-state index contributed by atoms with van der Waals surface area (Å²) in [5, 5.41) is 0. The molecule has 3 unspecified atom stereocenters. The molecule has 2 nitrogen and oxygen atoms in total. The van der Waals surface area contributed by atoms with Gasteiger partial charge in [0.2, 0.25) is 0 Å². The van der Waals surface area contributed by atoms with Gasteiger partial charge >= 0.3 is 0 Å². The van der Waals surface area contributed by atoms with Crippen LogP contribution in [0.4, 0.5) is 0 Å². The summed E-state index contributed by atoms with van der Waals surface area (Å²) in [5.41, 5.74) is 1.99. The number of allylic oxidation sites excluding steroid dienone is 2. The number of ketones is 1. The zero-order valence-electron chi connectivity index (χ0n) is 21.8. The number of carbonyl (C=O) groups excluding carboxylic acids is 2. The first-order chi connectivity index (χ1) is 14.7. The van der Waals surface area contributed by atoms with Crippen molar-refractivity contribution in [2.45, 2.75) is 113 Å². The van der Waals surface area contributed by atoms with Crippen LogP contribution in [0.25, 0.3) is 0 Å². The van der Waals surface area contributed by atoms with Gasteiger partial charge in [0.05, 0.1) is 0 Å². The van der Waals surface area contributed by atoms with Crippen LogP contribution in [-0.4, -0.2) is 12.1 Å². The Labute approximate surface area is 196 Å².